The van der Waals surface area contributed by atoms with Crippen molar-refractivity contribution in [1.82, 2.24) is 4.90 Å². The second-order valence-corrected chi connectivity index (χ2v) is 6.10. The molecule has 2 aromatic rings. The number of hydrogen-bond acceptors (Lipinski definition) is 3. The van der Waals surface area contributed by atoms with Gasteiger partial charge in [0.05, 0.1) is 6.42 Å². The minimum Gasteiger partial charge on any atom is -0.342 e. The SMILES string of the molecule is O=C(CC(=O)N1CCCCC1)c1csc2ccccc12. The van der Waals surface area contributed by atoms with Crippen LogP contribution in [-0.2, 0) is 4.79 Å². The summed E-state index contributed by atoms with van der Waals surface area (Å²) in [6.45, 7) is 1.60. The number of fused-ring (bicyclic) bond motifs is 1. The Balaban J connectivity index is 1.74. The van der Waals surface area contributed by atoms with E-state index in [4.69, 9.17) is 0 Å². The van der Waals surface area contributed by atoms with Crippen LogP contribution in [0.25, 0.3) is 10.1 Å². The van der Waals surface area contributed by atoms with Crippen LogP contribution in [0.5, 0.6) is 0 Å². The first-order chi connectivity index (χ1) is 9.75. The monoisotopic (exact) mass is 287 g/mol. The molecule has 0 unspecified atom stereocenters. The van der Waals surface area contributed by atoms with Crippen LogP contribution in [0.4, 0.5) is 0 Å². The fourth-order valence-electron chi connectivity index (χ4n) is 2.68. The summed E-state index contributed by atoms with van der Waals surface area (Å²) in [4.78, 5) is 26.3. The lowest BCUT2D eigenvalue weighted by Gasteiger charge is -2.26. The largest absolute Gasteiger partial charge is 0.342 e. The molecule has 104 valence electrons. The number of Topliss-reactive ketones (excluding diaryl/α,β-unsaturated/α-hetero) is 1. The molecule has 0 spiro atoms. The van der Waals surface area contributed by atoms with E-state index in [1.165, 1.54) is 6.42 Å². The summed E-state index contributed by atoms with van der Waals surface area (Å²) in [5, 5.41) is 2.84. The van der Waals surface area contributed by atoms with Crippen molar-refractivity contribution in [3.8, 4) is 0 Å². The molecule has 3 rings (SSSR count). The lowest BCUT2D eigenvalue weighted by atomic mass is 10.1. The smallest absolute Gasteiger partial charge is 0.230 e. The van der Waals surface area contributed by atoms with Crippen LogP contribution >= 0.6 is 11.3 Å². The van der Waals surface area contributed by atoms with Crippen molar-refractivity contribution in [2.24, 2.45) is 0 Å². The highest BCUT2D eigenvalue weighted by molar-refractivity contribution is 7.17. The van der Waals surface area contributed by atoms with Gasteiger partial charge in [-0.1, -0.05) is 18.2 Å². The topological polar surface area (TPSA) is 37.4 Å². The summed E-state index contributed by atoms with van der Waals surface area (Å²) in [5.74, 6) is -0.0806. The first-order valence-electron chi connectivity index (χ1n) is 7.03. The van der Waals surface area contributed by atoms with Gasteiger partial charge in [-0.3, -0.25) is 9.59 Å². The van der Waals surface area contributed by atoms with Crippen LogP contribution < -0.4 is 0 Å². The minimum atomic E-state index is -0.0574. The zero-order valence-corrected chi connectivity index (χ0v) is 12.1. The molecule has 4 heteroatoms. The van der Waals surface area contributed by atoms with Gasteiger partial charge in [0.1, 0.15) is 0 Å². The molecule has 1 aromatic heterocycles. The average molecular weight is 287 g/mol. The number of carbonyl (C=O) groups is 2. The van der Waals surface area contributed by atoms with Crippen LogP contribution in [0, 0.1) is 0 Å². The fraction of sp³-hybridized carbons (Fsp3) is 0.375. The van der Waals surface area contributed by atoms with Crippen LogP contribution in [0.1, 0.15) is 36.0 Å². The summed E-state index contributed by atoms with van der Waals surface area (Å²) < 4.78 is 1.10. The quantitative estimate of drug-likeness (QED) is 0.640. The number of carbonyl (C=O) groups excluding carboxylic acids is 2. The van der Waals surface area contributed by atoms with Gasteiger partial charge in [-0.25, -0.2) is 0 Å². The van der Waals surface area contributed by atoms with Gasteiger partial charge in [0.25, 0.3) is 0 Å². The highest BCUT2D eigenvalue weighted by atomic mass is 32.1. The molecular weight excluding hydrogens is 270 g/mol. The number of nitrogens with zero attached hydrogens (tertiary/aromatic N) is 1. The highest BCUT2D eigenvalue weighted by Gasteiger charge is 2.21. The Hall–Kier alpha value is -1.68. The van der Waals surface area contributed by atoms with Gasteiger partial charge in [-0.15, -0.1) is 11.3 Å². The summed E-state index contributed by atoms with van der Waals surface area (Å²) in [5.41, 5.74) is 0.691. The number of thiophene rings is 1. The maximum absolute atomic E-state index is 12.3. The Kier molecular flexibility index (Phi) is 3.83. The van der Waals surface area contributed by atoms with E-state index in [-0.39, 0.29) is 18.1 Å². The Morgan fingerprint density at radius 2 is 1.85 bits per heavy atom. The third-order valence-electron chi connectivity index (χ3n) is 3.80. The predicted molar refractivity (Wildman–Crippen MR) is 81.2 cm³/mol. The summed E-state index contributed by atoms with van der Waals surface area (Å²) in [7, 11) is 0. The van der Waals surface area contributed by atoms with Gasteiger partial charge in [0.2, 0.25) is 5.91 Å². The van der Waals surface area contributed by atoms with Crippen molar-refractivity contribution in [2.75, 3.05) is 13.1 Å². The van der Waals surface area contributed by atoms with Gasteiger partial charge in [-0.05, 0) is 25.3 Å². The molecule has 1 amide bonds. The minimum absolute atomic E-state index is 0.000722. The fourth-order valence-corrected chi connectivity index (χ4v) is 3.65. The zero-order valence-electron chi connectivity index (χ0n) is 11.3. The molecule has 1 aromatic carbocycles. The van der Waals surface area contributed by atoms with Crippen LogP contribution in [0.3, 0.4) is 0 Å². The predicted octanol–water partition coefficient (Wildman–Crippen LogP) is 3.49. The van der Waals surface area contributed by atoms with Gasteiger partial charge in [-0.2, -0.15) is 0 Å². The number of amides is 1. The third-order valence-corrected chi connectivity index (χ3v) is 4.77. The number of benzene rings is 1. The molecule has 0 aliphatic carbocycles. The standard InChI is InChI=1S/C16H17NO2S/c18-14(10-16(19)17-8-4-1-5-9-17)13-11-20-15-7-3-2-6-12(13)15/h2-3,6-7,11H,1,4-5,8-10H2. The van der Waals surface area contributed by atoms with Crippen molar-refractivity contribution in [1.29, 1.82) is 0 Å². The second kappa shape index (κ2) is 5.75. The summed E-state index contributed by atoms with van der Waals surface area (Å²) in [6.07, 6.45) is 3.30. The van der Waals surface area contributed by atoms with Crippen LogP contribution in [-0.4, -0.2) is 29.7 Å². The maximum atomic E-state index is 12.3. The van der Waals surface area contributed by atoms with Gasteiger partial charge in [0.15, 0.2) is 5.78 Å². The number of likely N-dealkylation sites (tertiary alicyclic amines) is 1. The van der Waals surface area contributed by atoms with Gasteiger partial charge >= 0.3 is 0 Å². The molecule has 1 aliphatic heterocycles. The van der Waals surface area contributed by atoms with Crippen LogP contribution in [0.2, 0.25) is 0 Å². The lowest BCUT2D eigenvalue weighted by molar-refractivity contribution is -0.131. The Bertz CT molecular complexity index is 641. The molecule has 20 heavy (non-hydrogen) atoms. The molecule has 0 radical (unpaired) electrons. The summed E-state index contributed by atoms with van der Waals surface area (Å²) in [6, 6.07) is 7.85. The van der Waals surface area contributed by atoms with Gasteiger partial charge in [0, 0.05) is 34.1 Å². The molecule has 1 saturated heterocycles. The van der Waals surface area contributed by atoms with Crippen molar-refractivity contribution in [3.05, 3.63) is 35.2 Å². The lowest BCUT2D eigenvalue weighted by Crippen LogP contribution is -2.36. The number of ketones is 1. The number of piperidine rings is 1. The van der Waals surface area contributed by atoms with Crippen molar-refractivity contribution in [3.63, 3.8) is 0 Å². The zero-order chi connectivity index (χ0) is 13.9. The molecule has 2 heterocycles. The van der Waals surface area contributed by atoms with E-state index in [1.807, 2.05) is 34.5 Å². The second-order valence-electron chi connectivity index (χ2n) is 5.19. The van der Waals surface area contributed by atoms with Crippen molar-refractivity contribution < 1.29 is 9.59 Å². The third kappa shape index (κ3) is 2.61. The summed E-state index contributed by atoms with van der Waals surface area (Å²) >= 11 is 1.56. The molecule has 3 nitrogen and oxygen atoms in total. The Morgan fingerprint density at radius 1 is 1.10 bits per heavy atom. The normalized spacial score (nSPS) is 15.5. The van der Waals surface area contributed by atoms with E-state index in [0.717, 1.165) is 36.0 Å². The molecular formula is C16H17NO2S. The van der Waals surface area contributed by atoms with E-state index in [2.05, 4.69) is 0 Å². The number of rotatable bonds is 3. The van der Waals surface area contributed by atoms with E-state index < -0.39 is 0 Å². The van der Waals surface area contributed by atoms with E-state index in [9.17, 15) is 9.59 Å². The molecule has 0 saturated carbocycles. The number of hydrogen-bond donors (Lipinski definition) is 0. The van der Waals surface area contributed by atoms with E-state index >= 15 is 0 Å². The first kappa shape index (κ1) is 13.3. The molecule has 0 N–H and O–H groups in total. The maximum Gasteiger partial charge on any atom is 0.230 e. The van der Waals surface area contributed by atoms with Gasteiger partial charge < -0.3 is 4.90 Å². The molecule has 1 fully saturated rings. The average Bonchev–Trinajstić information content (AvgIpc) is 2.92. The Morgan fingerprint density at radius 3 is 2.65 bits per heavy atom. The van der Waals surface area contributed by atoms with Crippen LogP contribution in [0.15, 0.2) is 29.6 Å². The van der Waals surface area contributed by atoms with E-state index in [1.54, 1.807) is 11.3 Å². The molecule has 0 bridgehead atoms. The van der Waals surface area contributed by atoms with Crippen molar-refractivity contribution in [2.45, 2.75) is 25.7 Å². The van der Waals surface area contributed by atoms with Crippen molar-refractivity contribution >= 4 is 33.1 Å². The molecule has 0 atom stereocenters. The van der Waals surface area contributed by atoms with E-state index in [0.29, 0.717) is 5.56 Å². The first-order valence-corrected chi connectivity index (χ1v) is 7.91. The Labute approximate surface area is 122 Å². The molecule has 1 aliphatic rings. The highest BCUT2D eigenvalue weighted by Crippen LogP contribution is 2.26.